The van der Waals surface area contributed by atoms with Crippen molar-refractivity contribution < 1.29 is 14.1 Å². The fraction of sp³-hybridized carbons (Fsp3) is 0.130. The van der Waals surface area contributed by atoms with Gasteiger partial charge < -0.3 is 4.52 Å². The number of fused-ring (bicyclic) bond motifs is 1. The molecule has 0 aliphatic carbocycles. The van der Waals surface area contributed by atoms with E-state index in [9.17, 15) is 9.59 Å². The Morgan fingerprint density at radius 1 is 1.03 bits per heavy atom. The summed E-state index contributed by atoms with van der Waals surface area (Å²) in [6, 6.07) is 16.2. The van der Waals surface area contributed by atoms with Gasteiger partial charge in [0.05, 0.1) is 28.9 Å². The Morgan fingerprint density at radius 2 is 1.77 bits per heavy atom. The van der Waals surface area contributed by atoms with E-state index in [0.29, 0.717) is 44.2 Å². The summed E-state index contributed by atoms with van der Waals surface area (Å²) in [6.07, 6.45) is 0.0502. The van der Waals surface area contributed by atoms with Crippen molar-refractivity contribution in [1.29, 1.82) is 0 Å². The molecule has 0 aliphatic heterocycles. The van der Waals surface area contributed by atoms with E-state index >= 15 is 0 Å². The zero-order chi connectivity index (χ0) is 22.0. The molecule has 0 fully saturated rings. The maximum Gasteiger partial charge on any atom is 0.270 e. The van der Waals surface area contributed by atoms with Crippen molar-refractivity contribution in [2.24, 2.45) is 0 Å². The van der Waals surface area contributed by atoms with E-state index in [1.54, 1.807) is 32.0 Å². The number of pyridine rings is 1. The minimum absolute atomic E-state index is 0.0502. The van der Waals surface area contributed by atoms with Crippen LogP contribution in [0.2, 0.25) is 5.02 Å². The first-order chi connectivity index (χ1) is 14.9. The standard InChI is InChI=1S/C23H19ClN4O3/c1-13-18(14(2)31-28-13)12-22(29)26-27-23(30)19-11-21(15-7-9-16(24)10-8-15)25-20-6-4-3-5-17(19)20/h3-11H,12H2,1-2H3,(H,26,29)(H,27,30). The van der Waals surface area contributed by atoms with Crippen LogP contribution in [0.5, 0.6) is 0 Å². The Labute approximate surface area is 183 Å². The molecule has 2 N–H and O–H groups in total. The van der Waals surface area contributed by atoms with E-state index in [0.717, 1.165) is 5.56 Å². The van der Waals surface area contributed by atoms with Crippen molar-refractivity contribution in [1.82, 2.24) is 21.0 Å². The van der Waals surface area contributed by atoms with Crippen LogP contribution in [0.15, 0.2) is 59.1 Å². The van der Waals surface area contributed by atoms with Gasteiger partial charge in [0, 0.05) is 21.5 Å². The minimum atomic E-state index is -0.444. The van der Waals surface area contributed by atoms with E-state index < -0.39 is 5.91 Å². The molecule has 2 heterocycles. The van der Waals surface area contributed by atoms with Gasteiger partial charge in [0.2, 0.25) is 5.91 Å². The largest absolute Gasteiger partial charge is 0.361 e. The Kier molecular flexibility index (Phi) is 5.68. The molecule has 2 aromatic heterocycles. The van der Waals surface area contributed by atoms with E-state index in [1.807, 2.05) is 36.4 Å². The smallest absolute Gasteiger partial charge is 0.270 e. The van der Waals surface area contributed by atoms with Crippen molar-refractivity contribution in [2.45, 2.75) is 20.3 Å². The maximum absolute atomic E-state index is 12.9. The van der Waals surface area contributed by atoms with Crippen LogP contribution in [0.1, 0.15) is 27.4 Å². The number of aromatic nitrogens is 2. The van der Waals surface area contributed by atoms with Crippen LogP contribution < -0.4 is 10.9 Å². The van der Waals surface area contributed by atoms with Gasteiger partial charge in [-0.25, -0.2) is 4.98 Å². The van der Waals surface area contributed by atoms with Crippen LogP contribution in [-0.4, -0.2) is 22.0 Å². The van der Waals surface area contributed by atoms with E-state index in [1.165, 1.54) is 0 Å². The van der Waals surface area contributed by atoms with Gasteiger partial charge in [-0.15, -0.1) is 0 Å². The Morgan fingerprint density at radius 3 is 2.48 bits per heavy atom. The normalized spacial score (nSPS) is 10.8. The Bertz CT molecular complexity index is 1260. The molecule has 4 aromatic rings. The summed E-state index contributed by atoms with van der Waals surface area (Å²) >= 11 is 5.98. The fourth-order valence-electron chi connectivity index (χ4n) is 3.28. The number of carbonyl (C=O) groups is 2. The van der Waals surface area contributed by atoms with E-state index in [-0.39, 0.29) is 12.3 Å². The topological polar surface area (TPSA) is 97.1 Å². The second-order valence-electron chi connectivity index (χ2n) is 7.06. The van der Waals surface area contributed by atoms with Crippen molar-refractivity contribution in [3.05, 3.63) is 82.2 Å². The molecule has 7 nitrogen and oxygen atoms in total. The number of halogens is 1. The number of hydrazine groups is 1. The van der Waals surface area contributed by atoms with E-state index in [4.69, 9.17) is 16.1 Å². The number of amides is 2. The number of nitrogens with one attached hydrogen (secondary N) is 2. The second-order valence-corrected chi connectivity index (χ2v) is 7.50. The molecular formula is C23H19ClN4O3. The molecule has 4 rings (SSSR count). The van der Waals surface area contributed by atoms with Crippen molar-refractivity contribution >= 4 is 34.3 Å². The van der Waals surface area contributed by atoms with Crippen molar-refractivity contribution in [3.63, 3.8) is 0 Å². The second kappa shape index (κ2) is 8.57. The first kappa shape index (κ1) is 20.6. The van der Waals surface area contributed by atoms with Gasteiger partial charge in [0.15, 0.2) is 0 Å². The zero-order valence-electron chi connectivity index (χ0n) is 16.9. The number of benzene rings is 2. The predicted octanol–water partition coefficient (Wildman–Crippen LogP) is 4.16. The lowest BCUT2D eigenvalue weighted by Gasteiger charge is -2.11. The molecule has 0 spiro atoms. The van der Waals surface area contributed by atoms with Gasteiger partial charge in [0.25, 0.3) is 5.91 Å². The monoisotopic (exact) mass is 434 g/mol. The van der Waals surface area contributed by atoms with Crippen LogP contribution in [0.3, 0.4) is 0 Å². The molecule has 31 heavy (non-hydrogen) atoms. The summed E-state index contributed by atoms with van der Waals surface area (Å²) in [5, 5.41) is 5.13. The first-order valence-corrected chi connectivity index (χ1v) is 9.97. The van der Waals surface area contributed by atoms with Crippen LogP contribution in [0.4, 0.5) is 0 Å². The number of nitrogens with zero attached hydrogens (tertiary/aromatic N) is 2. The molecule has 0 unspecified atom stereocenters. The highest BCUT2D eigenvalue weighted by Gasteiger charge is 2.17. The molecule has 2 aromatic carbocycles. The number of rotatable bonds is 4. The summed E-state index contributed by atoms with van der Waals surface area (Å²) in [7, 11) is 0. The maximum atomic E-state index is 12.9. The minimum Gasteiger partial charge on any atom is -0.361 e. The van der Waals surface area contributed by atoms with Gasteiger partial charge in [-0.2, -0.15) is 0 Å². The lowest BCUT2D eigenvalue weighted by molar-refractivity contribution is -0.121. The summed E-state index contributed by atoms with van der Waals surface area (Å²) in [6.45, 7) is 3.50. The van der Waals surface area contributed by atoms with Gasteiger partial charge in [-0.05, 0) is 38.1 Å². The number of hydrogen-bond acceptors (Lipinski definition) is 5. The molecule has 156 valence electrons. The average Bonchev–Trinajstić information content (AvgIpc) is 3.09. The summed E-state index contributed by atoms with van der Waals surface area (Å²) in [5.41, 5.74) is 8.81. The fourth-order valence-corrected chi connectivity index (χ4v) is 3.41. The average molecular weight is 435 g/mol. The van der Waals surface area contributed by atoms with Crippen molar-refractivity contribution in [2.75, 3.05) is 0 Å². The molecule has 0 radical (unpaired) electrons. The van der Waals surface area contributed by atoms with Crippen LogP contribution in [0.25, 0.3) is 22.2 Å². The van der Waals surface area contributed by atoms with Gasteiger partial charge >= 0.3 is 0 Å². The highest BCUT2D eigenvalue weighted by molar-refractivity contribution is 6.30. The molecule has 2 amide bonds. The zero-order valence-corrected chi connectivity index (χ0v) is 17.7. The SMILES string of the molecule is Cc1noc(C)c1CC(=O)NNC(=O)c1cc(-c2ccc(Cl)cc2)nc2ccccc12. The van der Waals surface area contributed by atoms with Gasteiger partial charge in [-0.1, -0.05) is 47.1 Å². The van der Waals surface area contributed by atoms with Crippen LogP contribution in [-0.2, 0) is 11.2 Å². The molecule has 0 saturated heterocycles. The first-order valence-electron chi connectivity index (χ1n) is 9.59. The van der Waals surface area contributed by atoms with Gasteiger partial charge in [-0.3, -0.25) is 20.4 Å². The van der Waals surface area contributed by atoms with Crippen molar-refractivity contribution in [3.8, 4) is 11.3 Å². The Balaban J connectivity index is 1.58. The van der Waals surface area contributed by atoms with Gasteiger partial charge in [0.1, 0.15) is 5.76 Å². The number of carbonyl (C=O) groups excluding carboxylic acids is 2. The lowest BCUT2D eigenvalue weighted by Crippen LogP contribution is -2.42. The molecule has 0 aliphatic rings. The summed E-state index contributed by atoms with van der Waals surface area (Å²) < 4.78 is 5.07. The molecule has 0 atom stereocenters. The highest BCUT2D eigenvalue weighted by Crippen LogP contribution is 2.26. The Hall–Kier alpha value is -3.71. The quantitative estimate of drug-likeness (QED) is 0.470. The third kappa shape index (κ3) is 4.41. The third-order valence-electron chi connectivity index (χ3n) is 4.93. The third-order valence-corrected chi connectivity index (χ3v) is 5.19. The lowest BCUT2D eigenvalue weighted by atomic mass is 10.0. The van der Waals surface area contributed by atoms with Crippen LogP contribution in [0, 0.1) is 13.8 Å². The van der Waals surface area contributed by atoms with E-state index in [2.05, 4.69) is 21.0 Å². The summed E-state index contributed by atoms with van der Waals surface area (Å²) in [4.78, 5) is 29.9. The predicted molar refractivity (Wildman–Crippen MR) is 117 cm³/mol. The number of hydrogen-bond donors (Lipinski definition) is 2. The molecule has 0 bridgehead atoms. The number of para-hydroxylation sites is 1. The molecular weight excluding hydrogens is 416 g/mol. The molecule has 0 saturated carbocycles. The summed E-state index contributed by atoms with van der Waals surface area (Å²) in [5.74, 6) is -0.244. The van der Waals surface area contributed by atoms with Crippen LogP contribution >= 0.6 is 11.6 Å². The molecule has 8 heteroatoms. The highest BCUT2D eigenvalue weighted by atomic mass is 35.5. The number of aryl methyl sites for hydroxylation is 2.